The van der Waals surface area contributed by atoms with Crippen LogP contribution < -0.4 is 14.2 Å². The van der Waals surface area contributed by atoms with E-state index in [2.05, 4.69) is 10.2 Å². The maximum Gasteiger partial charge on any atom is 0.257 e. The number of carbonyl (C=O) groups excluding carboxylic acids is 1. The molecule has 0 unspecified atom stereocenters. The molecule has 0 aliphatic heterocycles. The zero-order valence-corrected chi connectivity index (χ0v) is 15.6. The van der Waals surface area contributed by atoms with E-state index in [1.807, 2.05) is 13.8 Å². The fourth-order valence-electron chi connectivity index (χ4n) is 2.73. The van der Waals surface area contributed by atoms with Gasteiger partial charge in [0.05, 0.1) is 32.6 Å². The van der Waals surface area contributed by atoms with Gasteiger partial charge in [-0.3, -0.25) is 9.89 Å². The second kappa shape index (κ2) is 7.92. The van der Waals surface area contributed by atoms with Crippen LogP contribution in [0.15, 0.2) is 12.1 Å². The van der Waals surface area contributed by atoms with Crippen LogP contribution in [0.3, 0.4) is 0 Å². The van der Waals surface area contributed by atoms with Crippen molar-refractivity contribution in [3.05, 3.63) is 34.6 Å². The number of likely N-dealkylation sites (N-methyl/N-ethyl adjacent to an activating group) is 1. The van der Waals surface area contributed by atoms with Gasteiger partial charge in [-0.25, -0.2) is 0 Å². The molecule has 0 aliphatic carbocycles. The van der Waals surface area contributed by atoms with Gasteiger partial charge in [-0.1, -0.05) is 0 Å². The van der Waals surface area contributed by atoms with E-state index < -0.39 is 0 Å². The van der Waals surface area contributed by atoms with Gasteiger partial charge in [-0.2, -0.15) is 5.10 Å². The highest BCUT2D eigenvalue weighted by molar-refractivity contribution is 5.97. The van der Waals surface area contributed by atoms with Gasteiger partial charge in [0.25, 0.3) is 5.91 Å². The van der Waals surface area contributed by atoms with Gasteiger partial charge < -0.3 is 19.1 Å². The van der Waals surface area contributed by atoms with Crippen LogP contribution in [-0.4, -0.2) is 55.9 Å². The fourth-order valence-corrected chi connectivity index (χ4v) is 2.73. The number of carbonyl (C=O) groups is 1. The number of aryl methyl sites for hydroxylation is 2. The average Bonchev–Trinajstić information content (AvgIpc) is 2.95. The number of ether oxygens (including phenoxy) is 3. The summed E-state index contributed by atoms with van der Waals surface area (Å²) in [6, 6.07) is 3.30. The minimum Gasteiger partial charge on any atom is -0.496 e. The van der Waals surface area contributed by atoms with Crippen molar-refractivity contribution < 1.29 is 19.0 Å². The number of aromatic nitrogens is 2. The van der Waals surface area contributed by atoms with E-state index in [4.69, 9.17) is 14.2 Å². The predicted molar refractivity (Wildman–Crippen MR) is 94.8 cm³/mol. The summed E-state index contributed by atoms with van der Waals surface area (Å²) in [4.78, 5) is 14.5. The van der Waals surface area contributed by atoms with Crippen LogP contribution in [0.25, 0.3) is 0 Å². The monoisotopic (exact) mass is 347 g/mol. The molecule has 0 radical (unpaired) electrons. The molecule has 7 heteroatoms. The predicted octanol–water partition coefficient (Wildman–Crippen LogP) is 2.37. The molecule has 0 aliphatic rings. The smallest absolute Gasteiger partial charge is 0.257 e. The number of hydrogen-bond acceptors (Lipinski definition) is 5. The summed E-state index contributed by atoms with van der Waals surface area (Å²) in [6.45, 7) is 4.50. The van der Waals surface area contributed by atoms with Crippen molar-refractivity contribution in [3.63, 3.8) is 0 Å². The minimum absolute atomic E-state index is 0.142. The molecule has 0 spiro atoms. The number of methoxy groups -OCH3 is 3. The molecule has 0 saturated carbocycles. The molecule has 1 amide bonds. The van der Waals surface area contributed by atoms with Crippen molar-refractivity contribution >= 4 is 5.91 Å². The molecule has 2 aromatic rings. The Hall–Kier alpha value is -2.70. The van der Waals surface area contributed by atoms with Crippen molar-refractivity contribution in [1.82, 2.24) is 15.1 Å². The van der Waals surface area contributed by atoms with Crippen molar-refractivity contribution in [3.8, 4) is 17.2 Å². The maximum atomic E-state index is 12.8. The molecule has 0 fully saturated rings. The molecule has 1 aromatic heterocycles. The first-order valence-corrected chi connectivity index (χ1v) is 7.98. The van der Waals surface area contributed by atoms with Gasteiger partial charge >= 0.3 is 0 Å². The van der Waals surface area contributed by atoms with E-state index in [1.54, 1.807) is 31.2 Å². The Kier molecular flexibility index (Phi) is 5.90. The van der Waals surface area contributed by atoms with Gasteiger partial charge in [-0.05, 0) is 25.8 Å². The molecule has 2 rings (SSSR count). The summed E-state index contributed by atoms with van der Waals surface area (Å²) < 4.78 is 15.9. The van der Waals surface area contributed by atoms with Crippen LogP contribution in [0.4, 0.5) is 0 Å². The summed E-state index contributed by atoms with van der Waals surface area (Å²) in [6.07, 6.45) is 0.728. The quantitative estimate of drug-likeness (QED) is 0.832. The van der Waals surface area contributed by atoms with E-state index in [-0.39, 0.29) is 5.91 Å². The molecule has 7 nitrogen and oxygen atoms in total. The highest BCUT2D eigenvalue weighted by Crippen LogP contribution is 2.35. The van der Waals surface area contributed by atoms with Crippen molar-refractivity contribution in [2.75, 3.05) is 34.9 Å². The molecular weight excluding hydrogens is 322 g/mol. The standard InChI is InChI=1S/C18H25N3O4/c1-11-13(12(2)20-19-11)7-8-21(3)18(22)14-9-16(24-5)17(25-6)10-15(14)23-4/h9-10H,7-8H2,1-6H3,(H,19,20). The molecule has 1 N–H and O–H groups in total. The largest absolute Gasteiger partial charge is 0.496 e. The molecule has 0 saturated heterocycles. The first kappa shape index (κ1) is 18.6. The van der Waals surface area contributed by atoms with Gasteiger partial charge in [0.15, 0.2) is 11.5 Å². The number of hydrogen-bond donors (Lipinski definition) is 1. The normalized spacial score (nSPS) is 10.5. The summed E-state index contributed by atoms with van der Waals surface area (Å²) in [5.41, 5.74) is 3.56. The zero-order chi connectivity index (χ0) is 18.6. The molecule has 0 bridgehead atoms. The van der Waals surface area contributed by atoms with E-state index in [1.165, 1.54) is 14.2 Å². The lowest BCUT2D eigenvalue weighted by Gasteiger charge is -2.20. The second-order valence-electron chi connectivity index (χ2n) is 5.80. The van der Waals surface area contributed by atoms with Crippen LogP contribution in [0, 0.1) is 13.8 Å². The summed E-state index contributed by atoms with van der Waals surface area (Å²) in [5.74, 6) is 1.31. The second-order valence-corrected chi connectivity index (χ2v) is 5.80. The topological polar surface area (TPSA) is 76.7 Å². The number of nitrogens with zero attached hydrogens (tertiary/aromatic N) is 2. The van der Waals surface area contributed by atoms with Crippen molar-refractivity contribution in [2.24, 2.45) is 0 Å². The number of nitrogens with one attached hydrogen (secondary N) is 1. The third-order valence-corrected chi connectivity index (χ3v) is 4.26. The van der Waals surface area contributed by atoms with Crippen LogP contribution >= 0.6 is 0 Å². The highest BCUT2D eigenvalue weighted by Gasteiger charge is 2.21. The highest BCUT2D eigenvalue weighted by atomic mass is 16.5. The molecule has 25 heavy (non-hydrogen) atoms. The lowest BCUT2D eigenvalue weighted by molar-refractivity contribution is 0.0792. The van der Waals surface area contributed by atoms with Crippen LogP contribution in [0.2, 0.25) is 0 Å². The third kappa shape index (κ3) is 3.87. The zero-order valence-electron chi connectivity index (χ0n) is 15.6. The Morgan fingerprint density at radius 3 is 2.20 bits per heavy atom. The Morgan fingerprint density at radius 2 is 1.68 bits per heavy atom. The van der Waals surface area contributed by atoms with Crippen molar-refractivity contribution in [1.29, 1.82) is 0 Å². The number of H-pyrrole nitrogens is 1. The Balaban J connectivity index is 2.21. The van der Waals surface area contributed by atoms with Crippen LogP contribution in [-0.2, 0) is 6.42 Å². The van der Waals surface area contributed by atoms with Crippen molar-refractivity contribution in [2.45, 2.75) is 20.3 Å². The molecule has 1 aromatic carbocycles. The summed E-state index contributed by atoms with van der Waals surface area (Å²) in [7, 11) is 6.37. The molecule has 0 atom stereocenters. The molecular formula is C18H25N3O4. The molecule has 136 valence electrons. The van der Waals surface area contributed by atoms with E-state index in [0.717, 1.165) is 23.4 Å². The lowest BCUT2D eigenvalue weighted by atomic mass is 10.1. The van der Waals surface area contributed by atoms with E-state index in [9.17, 15) is 4.79 Å². The van der Waals surface area contributed by atoms with Crippen LogP contribution in [0.1, 0.15) is 27.3 Å². The van der Waals surface area contributed by atoms with Crippen LogP contribution in [0.5, 0.6) is 17.2 Å². The first-order chi connectivity index (χ1) is 11.9. The van der Waals surface area contributed by atoms with E-state index >= 15 is 0 Å². The number of aromatic amines is 1. The van der Waals surface area contributed by atoms with Gasteiger partial charge in [0.2, 0.25) is 0 Å². The Labute approximate surface area is 147 Å². The summed E-state index contributed by atoms with van der Waals surface area (Å²) in [5, 5.41) is 7.15. The van der Waals surface area contributed by atoms with Gasteiger partial charge in [0, 0.05) is 31.4 Å². The average molecular weight is 347 g/mol. The van der Waals surface area contributed by atoms with Gasteiger partial charge in [-0.15, -0.1) is 0 Å². The molecule has 1 heterocycles. The van der Waals surface area contributed by atoms with Gasteiger partial charge in [0.1, 0.15) is 5.75 Å². The number of benzene rings is 1. The maximum absolute atomic E-state index is 12.8. The SMILES string of the molecule is COc1cc(OC)c(C(=O)N(C)CCc2c(C)n[nH]c2C)cc1OC. The fraction of sp³-hybridized carbons (Fsp3) is 0.444. The number of rotatable bonds is 7. The Bertz CT molecular complexity index is 736. The number of amides is 1. The Morgan fingerprint density at radius 1 is 1.08 bits per heavy atom. The summed E-state index contributed by atoms with van der Waals surface area (Å²) >= 11 is 0. The lowest BCUT2D eigenvalue weighted by Crippen LogP contribution is -2.29. The third-order valence-electron chi connectivity index (χ3n) is 4.26. The first-order valence-electron chi connectivity index (χ1n) is 7.98. The minimum atomic E-state index is -0.142. The van der Waals surface area contributed by atoms with E-state index in [0.29, 0.717) is 29.4 Å².